The molecule has 6 heterocycles. The average Bonchev–Trinajstić information content (AvgIpc) is 3.93. The summed E-state index contributed by atoms with van der Waals surface area (Å²) < 4.78 is 87.1. The minimum atomic E-state index is -4.95. The number of rotatable bonds is 16. The number of fused-ring (bicyclic) bond motifs is 3. The van der Waals surface area contributed by atoms with Crippen molar-refractivity contribution in [1.29, 1.82) is 0 Å². The second-order valence-electron chi connectivity index (χ2n) is 14.9. The lowest BCUT2D eigenvalue weighted by molar-refractivity contribution is -0.134. The number of H-pyrrole nitrogens is 1. The largest absolute Gasteiger partial charge is 0.472 e. The van der Waals surface area contributed by atoms with E-state index in [9.17, 15) is 28.4 Å². The van der Waals surface area contributed by atoms with Crippen LogP contribution in [0.3, 0.4) is 0 Å². The summed E-state index contributed by atoms with van der Waals surface area (Å²) in [5, 5.41) is 8.88. The molecule has 3 aliphatic heterocycles. The summed E-state index contributed by atoms with van der Waals surface area (Å²) >= 11 is 0.702. The van der Waals surface area contributed by atoms with Crippen LogP contribution in [0.15, 0.2) is 58.8 Å². The van der Waals surface area contributed by atoms with Crippen molar-refractivity contribution in [2.45, 2.75) is 113 Å². The molecule has 0 amide bonds. The van der Waals surface area contributed by atoms with Crippen molar-refractivity contribution in [2.75, 3.05) is 25.6 Å². The van der Waals surface area contributed by atoms with Gasteiger partial charge in [-0.1, -0.05) is 50.7 Å². The maximum absolute atomic E-state index is 16.4. The molecular weight excluding hydrogens is 879 g/mol. The van der Waals surface area contributed by atoms with Gasteiger partial charge in [0.2, 0.25) is 0 Å². The number of hydrogen-bond acceptors (Lipinski definition) is 18. The zero-order valence-corrected chi connectivity index (χ0v) is 36.0. The Kier molecular flexibility index (Phi) is 15.4. The lowest BCUT2D eigenvalue weighted by Crippen LogP contribution is -2.37. The van der Waals surface area contributed by atoms with E-state index in [2.05, 4.69) is 15.0 Å². The molecule has 0 bridgehead atoms. The first-order valence-electron chi connectivity index (χ1n) is 20.1. The van der Waals surface area contributed by atoms with Crippen LogP contribution in [0.2, 0.25) is 0 Å². The van der Waals surface area contributed by atoms with Gasteiger partial charge in [-0.05, 0) is 41.9 Å². The van der Waals surface area contributed by atoms with Crippen molar-refractivity contribution < 1.29 is 60.6 Å². The van der Waals surface area contributed by atoms with Gasteiger partial charge in [0.05, 0.1) is 19.5 Å². The Morgan fingerprint density at radius 1 is 0.919 bits per heavy atom. The van der Waals surface area contributed by atoms with Crippen LogP contribution in [0.25, 0.3) is 11.2 Å². The fraction of sp³-hybridized carbons (Fsp3) is 0.568. The minimum absolute atomic E-state index is 0.0118. The van der Waals surface area contributed by atoms with E-state index in [-0.39, 0.29) is 42.5 Å². The summed E-state index contributed by atoms with van der Waals surface area (Å²) in [7, 11) is -4.95. The number of phosphoric acid groups is 1. The Labute approximate surface area is 357 Å². The summed E-state index contributed by atoms with van der Waals surface area (Å²) in [5.74, 6) is 0.0438. The lowest BCUT2D eigenvalue weighted by Gasteiger charge is -2.29. The van der Waals surface area contributed by atoms with Gasteiger partial charge >= 0.3 is 26.3 Å². The van der Waals surface area contributed by atoms with Gasteiger partial charge in [-0.3, -0.25) is 41.8 Å². The standard InChI is InChI=1S/C37H48FN7O14P2S/c38-31-33-27(57-36(31)44-15-14-28(47)43-37(44)49)19-53-60(50,51)58-25-17-29(45-22-42-32-34(39)40-21-41-35(32)45)56-26(25)18-54-61(52,59-33)62-20-23-10-12-24(13-11-23)55-30(48)9-7-5-3-1-2-4-6-8-16-46/h10-15,21-22,25-27,29,31,33,36,46H,1-9,16-20H2,(H,50,51)(H2,39,40,41)(H,43,47,49)/t25-,26+,27+,29+,31+,33+,36+,61?/m0/s1. The van der Waals surface area contributed by atoms with Crippen LogP contribution in [0.4, 0.5) is 10.2 Å². The van der Waals surface area contributed by atoms with Crippen molar-refractivity contribution >= 4 is 49.0 Å². The quantitative estimate of drug-likeness (QED) is 0.0506. The molecule has 62 heavy (non-hydrogen) atoms. The maximum atomic E-state index is 16.4. The molecule has 0 aliphatic carbocycles. The van der Waals surface area contributed by atoms with Gasteiger partial charge in [0.25, 0.3) is 5.56 Å². The van der Waals surface area contributed by atoms with E-state index in [0.29, 0.717) is 34.8 Å². The number of nitrogens with one attached hydrogen (secondary N) is 1. The fourth-order valence-electron chi connectivity index (χ4n) is 7.23. The Hall–Kier alpha value is -3.86. The molecule has 5 N–H and O–H groups in total. The van der Waals surface area contributed by atoms with E-state index >= 15 is 4.39 Å². The Bertz CT molecular complexity index is 2370. The molecule has 338 valence electrons. The number of carbonyl (C=O) groups excluding carboxylic acids is 1. The molecule has 3 aromatic heterocycles. The molecular formula is C37H48FN7O14P2S. The normalized spacial score (nSPS) is 29.1. The number of nitrogens with two attached hydrogens (primary N) is 1. The van der Waals surface area contributed by atoms with Gasteiger partial charge in [-0.2, -0.15) is 0 Å². The number of halogens is 1. The molecule has 1 aromatic carbocycles. The first-order valence-corrected chi connectivity index (χ1v) is 24.8. The van der Waals surface area contributed by atoms with Gasteiger partial charge in [-0.25, -0.2) is 33.3 Å². The summed E-state index contributed by atoms with van der Waals surface area (Å²) in [5.41, 5.74) is 5.39. The zero-order valence-electron chi connectivity index (χ0n) is 33.3. The third-order valence-electron chi connectivity index (χ3n) is 10.4. The summed E-state index contributed by atoms with van der Waals surface area (Å²) in [4.78, 5) is 62.2. The van der Waals surface area contributed by atoms with Crippen LogP contribution < -0.4 is 21.7 Å². The number of imidazole rings is 1. The zero-order chi connectivity index (χ0) is 43.9. The molecule has 9 atom stereocenters. The highest BCUT2D eigenvalue weighted by Crippen LogP contribution is 2.64. The molecule has 25 heteroatoms. The number of anilines is 1. The second-order valence-corrected chi connectivity index (χ2v) is 20.3. The van der Waals surface area contributed by atoms with Gasteiger partial charge < -0.3 is 29.9 Å². The smallest absolute Gasteiger partial charge is 0.427 e. The summed E-state index contributed by atoms with van der Waals surface area (Å²) in [6.45, 7) is -5.62. The second kappa shape index (κ2) is 20.8. The molecule has 3 aliphatic rings. The molecule has 0 saturated carbocycles. The number of nitrogens with zero attached hydrogens (tertiary/aromatic N) is 5. The van der Waals surface area contributed by atoms with Crippen molar-refractivity contribution in [3.63, 3.8) is 0 Å². The maximum Gasteiger partial charge on any atom is 0.472 e. The van der Waals surface area contributed by atoms with Crippen LogP contribution in [-0.2, 0) is 47.2 Å². The number of phosphoric ester groups is 1. The Morgan fingerprint density at radius 2 is 1.65 bits per heavy atom. The van der Waals surface area contributed by atoms with Crippen LogP contribution in [-0.4, -0.2) is 95.4 Å². The number of aliphatic hydroxyl groups excluding tert-OH is 1. The number of aromatic nitrogens is 6. The Balaban J connectivity index is 1.05. The fourth-order valence-corrected chi connectivity index (χ4v) is 11.6. The van der Waals surface area contributed by atoms with Gasteiger partial charge in [0.15, 0.2) is 23.9 Å². The molecule has 2 unspecified atom stereocenters. The minimum Gasteiger partial charge on any atom is -0.427 e. The van der Waals surface area contributed by atoms with Crippen LogP contribution >= 0.6 is 26.0 Å². The molecule has 0 spiro atoms. The third-order valence-corrected chi connectivity index (χ3v) is 15.1. The SMILES string of the molecule is Nc1ncnc2c1ncn2[C@H]1C[C@@H]2OP(=O)(O)OC[C@H]3O[C@@H](n4ccc(=O)[nH]c4=O)[C@H](F)[C@@H]3OP(=O)(SCc3ccc(OC(=O)CCCCCCCCCCO)cc3)OC[C@H]2O1. The number of benzene rings is 1. The van der Waals surface area contributed by atoms with E-state index < -0.39 is 82.1 Å². The van der Waals surface area contributed by atoms with Crippen molar-refractivity contribution in [2.24, 2.45) is 0 Å². The summed E-state index contributed by atoms with van der Waals surface area (Å²) in [6, 6.07) is 7.45. The molecule has 7 rings (SSSR count). The van der Waals surface area contributed by atoms with Gasteiger partial charge in [0.1, 0.15) is 48.2 Å². The molecule has 3 fully saturated rings. The lowest BCUT2D eigenvalue weighted by atomic mass is 10.1. The predicted molar refractivity (Wildman–Crippen MR) is 219 cm³/mol. The van der Waals surface area contributed by atoms with Crippen LogP contribution in [0.5, 0.6) is 5.75 Å². The number of alkyl halides is 1. The topological polar surface area (TPSA) is 281 Å². The van der Waals surface area contributed by atoms with E-state index in [1.807, 2.05) is 4.98 Å². The van der Waals surface area contributed by atoms with Gasteiger partial charge in [-0.15, -0.1) is 0 Å². The Morgan fingerprint density at radius 3 is 2.39 bits per heavy atom. The average molecular weight is 928 g/mol. The number of carbonyl (C=O) groups is 1. The van der Waals surface area contributed by atoms with Crippen LogP contribution in [0, 0.1) is 0 Å². The number of ether oxygens (including phenoxy) is 3. The van der Waals surface area contributed by atoms with Crippen molar-refractivity contribution in [1.82, 2.24) is 29.1 Å². The third kappa shape index (κ3) is 11.6. The number of hydrogen-bond donors (Lipinski definition) is 4. The van der Waals surface area contributed by atoms with Crippen molar-refractivity contribution in [3.8, 4) is 5.75 Å². The molecule has 4 aromatic rings. The predicted octanol–water partition coefficient (Wildman–Crippen LogP) is 4.85. The monoisotopic (exact) mass is 927 g/mol. The van der Waals surface area contributed by atoms with Crippen LogP contribution in [0.1, 0.15) is 82.2 Å². The first-order chi connectivity index (χ1) is 29.8. The highest BCUT2D eigenvalue weighted by molar-refractivity contribution is 8.54. The number of nitrogen functional groups attached to an aromatic ring is 1. The van der Waals surface area contributed by atoms with E-state index in [1.165, 1.54) is 17.2 Å². The highest BCUT2D eigenvalue weighted by atomic mass is 32.7. The highest BCUT2D eigenvalue weighted by Gasteiger charge is 2.53. The number of unbranched alkanes of at least 4 members (excludes halogenated alkanes) is 7. The van der Waals surface area contributed by atoms with E-state index in [4.69, 9.17) is 43.1 Å². The van der Waals surface area contributed by atoms with E-state index in [0.717, 1.165) is 61.8 Å². The molecule has 0 radical (unpaired) electrons. The molecule has 21 nitrogen and oxygen atoms in total. The number of esters is 1. The van der Waals surface area contributed by atoms with Crippen molar-refractivity contribution in [3.05, 3.63) is 75.6 Å². The summed E-state index contributed by atoms with van der Waals surface area (Å²) in [6.07, 6.45) is 0.962. The molecule has 3 saturated heterocycles. The van der Waals surface area contributed by atoms with Gasteiger partial charge in [0, 0.05) is 37.5 Å². The van der Waals surface area contributed by atoms with E-state index in [1.54, 1.807) is 24.3 Å². The number of aromatic amines is 1. The number of aliphatic hydroxyl groups is 1. The first kappa shape index (κ1) is 46.1.